The van der Waals surface area contributed by atoms with Gasteiger partial charge in [0.05, 0.1) is 11.9 Å². The van der Waals surface area contributed by atoms with E-state index in [0.717, 1.165) is 50.7 Å². The zero-order valence-corrected chi connectivity index (χ0v) is 10.5. The van der Waals surface area contributed by atoms with E-state index < -0.39 is 18.3 Å². The van der Waals surface area contributed by atoms with Crippen LogP contribution >= 0.6 is 0 Å². The summed E-state index contributed by atoms with van der Waals surface area (Å²) in [5.41, 5.74) is -1.19. The molecule has 1 aromatic rings. The molecule has 0 radical (unpaired) electrons. The largest absolute Gasteiger partial charge is 0.512 e. The van der Waals surface area contributed by atoms with Crippen molar-refractivity contribution in [1.29, 1.82) is 0 Å². The summed E-state index contributed by atoms with van der Waals surface area (Å²) in [7, 11) is 0. The fourth-order valence-corrected chi connectivity index (χ4v) is 2.40. The summed E-state index contributed by atoms with van der Waals surface area (Å²) in [5.74, 6) is -1.06. The number of rotatable bonds is 3. The van der Waals surface area contributed by atoms with Crippen LogP contribution in [-0.4, -0.2) is 13.1 Å². The van der Waals surface area contributed by atoms with E-state index in [4.69, 9.17) is 4.74 Å². The van der Waals surface area contributed by atoms with Crippen LogP contribution in [0.5, 0.6) is 5.75 Å². The van der Waals surface area contributed by atoms with Crippen molar-refractivity contribution in [2.24, 2.45) is 0 Å². The van der Waals surface area contributed by atoms with Crippen molar-refractivity contribution < 1.29 is 22.1 Å². The van der Waals surface area contributed by atoms with Gasteiger partial charge in [0.15, 0.2) is 0 Å². The minimum absolute atomic E-state index is 0.0100. The highest BCUT2D eigenvalue weighted by Gasteiger charge is 2.29. The molecule has 6 heteroatoms. The monoisotopic (exact) mass is 275 g/mol. The van der Waals surface area contributed by atoms with Gasteiger partial charge in [0.2, 0.25) is 0 Å². The Balaban J connectivity index is 2.07. The molecule has 1 fully saturated rings. The standard InChI is InChI=1S/C13H16BF4O/c15-13-9-11(7-8-12(13)14(16,17)18)19-10-5-3-1-2-4-6-10/h7-10H,1-6H2/q-1. The molecule has 19 heavy (non-hydrogen) atoms. The maximum atomic E-state index is 13.4. The van der Waals surface area contributed by atoms with Crippen molar-refractivity contribution in [3.05, 3.63) is 24.0 Å². The first-order chi connectivity index (χ1) is 8.97. The van der Waals surface area contributed by atoms with Crippen molar-refractivity contribution in [2.45, 2.75) is 44.6 Å². The Bertz CT molecular complexity index is 425. The fraction of sp³-hybridized carbons (Fsp3) is 0.538. The lowest BCUT2D eigenvalue weighted by atomic mass is 9.80. The zero-order valence-electron chi connectivity index (χ0n) is 10.5. The summed E-state index contributed by atoms with van der Waals surface area (Å²) >= 11 is 0. The molecule has 0 N–H and O–H groups in total. The molecule has 0 aromatic heterocycles. The second kappa shape index (κ2) is 5.84. The third kappa shape index (κ3) is 3.88. The van der Waals surface area contributed by atoms with E-state index in [9.17, 15) is 17.3 Å². The predicted molar refractivity (Wildman–Crippen MR) is 67.2 cm³/mol. The van der Waals surface area contributed by atoms with Crippen LogP contribution in [-0.2, 0) is 0 Å². The number of hydrogen-bond donors (Lipinski definition) is 0. The smallest absolute Gasteiger partial charge is 0.490 e. The summed E-state index contributed by atoms with van der Waals surface area (Å²) in [6.07, 6.45) is 6.17. The van der Waals surface area contributed by atoms with Gasteiger partial charge in [-0.05, 0) is 31.7 Å². The highest BCUT2D eigenvalue weighted by atomic mass is 19.4. The first-order valence-electron chi connectivity index (χ1n) is 6.63. The Kier molecular flexibility index (Phi) is 4.37. The van der Waals surface area contributed by atoms with E-state index in [1.165, 1.54) is 6.07 Å². The molecule has 0 unspecified atom stereocenters. The van der Waals surface area contributed by atoms with Gasteiger partial charge in [-0.1, -0.05) is 24.4 Å². The molecule has 0 heterocycles. The molecule has 0 aliphatic heterocycles. The molecule has 1 aliphatic rings. The van der Waals surface area contributed by atoms with Crippen molar-refractivity contribution in [1.82, 2.24) is 0 Å². The molecule has 2 rings (SSSR count). The Hall–Kier alpha value is -1.20. The van der Waals surface area contributed by atoms with E-state index in [1.807, 2.05) is 0 Å². The van der Waals surface area contributed by atoms with Gasteiger partial charge < -0.3 is 17.7 Å². The molecular formula is C13H16BF4O-. The Morgan fingerprint density at radius 2 is 1.63 bits per heavy atom. The summed E-state index contributed by atoms with van der Waals surface area (Å²) in [5, 5.41) is 0. The van der Waals surface area contributed by atoms with Crippen LogP contribution in [0.25, 0.3) is 0 Å². The minimum Gasteiger partial charge on any atom is -0.490 e. The number of hydrogen-bond acceptors (Lipinski definition) is 1. The van der Waals surface area contributed by atoms with Crippen LogP contribution in [0.1, 0.15) is 38.5 Å². The molecule has 0 amide bonds. The Morgan fingerprint density at radius 1 is 1.00 bits per heavy atom. The second-order valence-electron chi connectivity index (χ2n) is 4.99. The normalized spacial score (nSPS) is 18.1. The van der Waals surface area contributed by atoms with Crippen molar-refractivity contribution in [3.8, 4) is 5.75 Å². The minimum atomic E-state index is -5.31. The van der Waals surface area contributed by atoms with Crippen LogP contribution in [0.4, 0.5) is 17.3 Å². The third-order valence-corrected chi connectivity index (χ3v) is 3.43. The summed E-state index contributed by atoms with van der Waals surface area (Å²) in [6.45, 7) is -5.31. The second-order valence-corrected chi connectivity index (χ2v) is 4.99. The predicted octanol–water partition coefficient (Wildman–Crippen LogP) is 3.98. The van der Waals surface area contributed by atoms with E-state index in [1.54, 1.807) is 0 Å². The van der Waals surface area contributed by atoms with Gasteiger partial charge in [-0.2, -0.15) is 0 Å². The fourth-order valence-electron chi connectivity index (χ4n) is 2.40. The van der Waals surface area contributed by atoms with Gasteiger partial charge >= 0.3 is 6.98 Å². The van der Waals surface area contributed by atoms with Gasteiger partial charge in [0.1, 0.15) is 5.75 Å². The Morgan fingerprint density at radius 3 is 2.16 bits per heavy atom. The van der Waals surface area contributed by atoms with Gasteiger partial charge in [0, 0.05) is 6.07 Å². The van der Waals surface area contributed by atoms with Crippen LogP contribution in [0.2, 0.25) is 0 Å². The molecule has 0 saturated heterocycles. The van der Waals surface area contributed by atoms with E-state index in [0.29, 0.717) is 0 Å². The third-order valence-electron chi connectivity index (χ3n) is 3.43. The zero-order chi connectivity index (χ0) is 13.9. The van der Waals surface area contributed by atoms with Gasteiger partial charge in [-0.25, -0.2) is 4.39 Å². The molecular weight excluding hydrogens is 259 g/mol. The van der Waals surface area contributed by atoms with Crippen molar-refractivity contribution in [3.63, 3.8) is 0 Å². The van der Waals surface area contributed by atoms with Crippen LogP contribution in [0.3, 0.4) is 0 Å². The van der Waals surface area contributed by atoms with Crippen LogP contribution in [0.15, 0.2) is 18.2 Å². The number of ether oxygens (including phenoxy) is 1. The van der Waals surface area contributed by atoms with Gasteiger partial charge in [0.25, 0.3) is 0 Å². The van der Waals surface area contributed by atoms with Crippen molar-refractivity contribution in [2.75, 3.05) is 0 Å². The molecule has 106 valence electrons. The molecule has 0 bridgehead atoms. The first-order valence-corrected chi connectivity index (χ1v) is 6.63. The molecule has 1 nitrogen and oxygen atoms in total. The maximum Gasteiger partial charge on any atom is 0.512 e. The lowest BCUT2D eigenvalue weighted by Crippen LogP contribution is -2.36. The average molecular weight is 275 g/mol. The number of benzene rings is 1. The van der Waals surface area contributed by atoms with E-state index in [2.05, 4.69) is 0 Å². The quantitative estimate of drug-likeness (QED) is 0.460. The number of halogens is 4. The van der Waals surface area contributed by atoms with Crippen molar-refractivity contribution >= 4 is 12.4 Å². The van der Waals surface area contributed by atoms with E-state index >= 15 is 0 Å². The SMILES string of the molecule is Fc1cc(OC2CCCCCC2)ccc1[B-](F)(F)F. The highest BCUT2D eigenvalue weighted by Crippen LogP contribution is 2.23. The van der Waals surface area contributed by atoms with Crippen LogP contribution < -0.4 is 10.2 Å². The lowest BCUT2D eigenvalue weighted by molar-refractivity contribution is 0.183. The molecule has 0 atom stereocenters. The Labute approximate surface area is 110 Å². The van der Waals surface area contributed by atoms with Crippen LogP contribution in [0, 0.1) is 5.82 Å². The summed E-state index contributed by atoms with van der Waals surface area (Å²) in [6, 6.07) is 2.81. The van der Waals surface area contributed by atoms with E-state index in [-0.39, 0.29) is 11.9 Å². The molecule has 1 saturated carbocycles. The van der Waals surface area contributed by atoms with Gasteiger partial charge in [-0.15, -0.1) is 0 Å². The first kappa shape index (κ1) is 14.2. The maximum absolute atomic E-state index is 13.4. The molecule has 1 aromatic carbocycles. The molecule has 0 spiro atoms. The summed E-state index contributed by atoms with van der Waals surface area (Å²) in [4.78, 5) is 0. The molecule has 1 aliphatic carbocycles. The lowest BCUT2D eigenvalue weighted by Gasteiger charge is -2.19. The topological polar surface area (TPSA) is 9.23 Å². The van der Waals surface area contributed by atoms with Gasteiger partial charge in [-0.3, -0.25) is 0 Å². The summed E-state index contributed by atoms with van der Waals surface area (Å²) < 4.78 is 56.4. The highest BCUT2D eigenvalue weighted by molar-refractivity contribution is 6.73. The average Bonchev–Trinajstić information content (AvgIpc) is 2.56.